The lowest BCUT2D eigenvalue weighted by molar-refractivity contribution is -0.383. The third-order valence-electron chi connectivity index (χ3n) is 4.32. The molecule has 25 heavy (non-hydrogen) atoms. The summed E-state index contributed by atoms with van der Waals surface area (Å²) in [7, 11) is 2.03. The zero-order valence-corrected chi connectivity index (χ0v) is 14.0. The first-order valence-corrected chi connectivity index (χ1v) is 8.13. The second-order valence-electron chi connectivity index (χ2n) is 6.04. The summed E-state index contributed by atoms with van der Waals surface area (Å²) in [4.78, 5) is 27.6. The molecule has 1 amide bonds. The zero-order valence-electron chi connectivity index (χ0n) is 14.0. The van der Waals surface area contributed by atoms with E-state index in [-0.39, 0.29) is 11.6 Å². The Balaban J connectivity index is 1.87. The van der Waals surface area contributed by atoms with Gasteiger partial charge in [-0.2, -0.15) is 0 Å². The molecule has 0 aromatic heterocycles. The molecule has 2 aromatic carbocycles. The van der Waals surface area contributed by atoms with Crippen LogP contribution in [0.5, 0.6) is 0 Å². The standard InChI is InChI=1S/C18H20N4O3/c1-20-10-12-21(13-11-20)18(23)14-6-2-3-7-15(14)19-16-8-4-5-9-17(16)22(24)25/h2-9,19H,10-13H2,1H3. The first kappa shape index (κ1) is 16.9. The predicted octanol–water partition coefficient (Wildman–Crippen LogP) is 2.73. The Morgan fingerprint density at radius 3 is 2.28 bits per heavy atom. The van der Waals surface area contributed by atoms with Gasteiger partial charge in [-0.1, -0.05) is 24.3 Å². The van der Waals surface area contributed by atoms with Gasteiger partial charge in [-0.15, -0.1) is 0 Å². The summed E-state index contributed by atoms with van der Waals surface area (Å²) in [5.41, 5.74) is 1.43. The van der Waals surface area contributed by atoms with E-state index in [1.54, 1.807) is 42.5 Å². The van der Waals surface area contributed by atoms with Gasteiger partial charge in [-0.3, -0.25) is 14.9 Å². The molecule has 130 valence electrons. The average Bonchev–Trinajstić information content (AvgIpc) is 2.62. The normalized spacial score (nSPS) is 15.0. The van der Waals surface area contributed by atoms with E-state index in [1.807, 2.05) is 11.9 Å². The molecule has 0 spiro atoms. The van der Waals surface area contributed by atoms with Crippen LogP contribution >= 0.6 is 0 Å². The topological polar surface area (TPSA) is 78.7 Å². The van der Waals surface area contributed by atoms with Gasteiger partial charge < -0.3 is 15.1 Å². The molecule has 1 aliphatic rings. The number of hydrogen-bond donors (Lipinski definition) is 1. The van der Waals surface area contributed by atoms with Crippen molar-refractivity contribution in [2.24, 2.45) is 0 Å². The number of hydrogen-bond acceptors (Lipinski definition) is 5. The van der Waals surface area contributed by atoms with Crippen LogP contribution in [0.25, 0.3) is 0 Å². The average molecular weight is 340 g/mol. The third-order valence-corrected chi connectivity index (χ3v) is 4.32. The van der Waals surface area contributed by atoms with Crippen molar-refractivity contribution in [1.82, 2.24) is 9.80 Å². The summed E-state index contributed by atoms with van der Waals surface area (Å²) in [5, 5.41) is 14.2. The fourth-order valence-corrected chi connectivity index (χ4v) is 2.84. The minimum atomic E-state index is -0.437. The van der Waals surface area contributed by atoms with E-state index >= 15 is 0 Å². The van der Waals surface area contributed by atoms with Crippen LogP contribution in [0.2, 0.25) is 0 Å². The molecular formula is C18H20N4O3. The number of nitro benzene ring substituents is 1. The number of rotatable bonds is 4. The molecule has 1 heterocycles. The van der Waals surface area contributed by atoms with Gasteiger partial charge in [0.05, 0.1) is 16.2 Å². The molecule has 0 radical (unpaired) electrons. The molecule has 3 rings (SSSR count). The summed E-state index contributed by atoms with van der Waals surface area (Å²) in [5.74, 6) is -0.0604. The van der Waals surface area contributed by atoms with Crippen LogP contribution < -0.4 is 5.32 Å². The van der Waals surface area contributed by atoms with Gasteiger partial charge in [0.1, 0.15) is 5.69 Å². The maximum Gasteiger partial charge on any atom is 0.292 e. The second-order valence-corrected chi connectivity index (χ2v) is 6.04. The van der Waals surface area contributed by atoms with E-state index in [2.05, 4.69) is 10.2 Å². The summed E-state index contributed by atoms with van der Waals surface area (Å²) < 4.78 is 0. The number of amides is 1. The van der Waals surface area contributed by atoms with Crippen molar-refractivity contribution in [2.45, 2.75) is 0 Å². The van der Waals surface area contributed by atoms with Gasteiger partial charge in [-0.25, -0.2) is 0 Å². The number of nitro groups is 1. The fraction of sp³-hybridized carbons (Fsp3) is 0.278. The van der Waals surface area contributed by atoms with Crippen molar-refractivity contribution < 1.29 is 9.72 Å². The molecular weight excluding hydrogens is 320 g/mol. The van der Waals surface area contributed by atoms with Crippen molar-refractivity contribution in [1.29, 1.82) is 0 Å². The molecule has 1 saturated heterocycles. The summed E-state index contributed by atoms with van der Waals surface area (Å²) in [6, 6.07) is 13.5. The van der Waals surface area contributed by atoms with Crippen molar-refractivity contribution in [3.63, 3.8) is 0 Å². The van der Waals surface area contributed by atoms with E-state index < -0.39 is 4.92 Å². The maximum atomic E-state index is 12.9. The number of piperazine rings is 1. The molecule has 0 atom stereocenters. The van der Waals surface area contributed by atoms with Crippen LogP contribution in [-0.2, 0) is 0 Å². The lowest BCUT2D eigenvalue weighted by atomic mass is 10.1. The van der Waals surface area contributed by atoms with E-state index in [4.69, 9.17) is 0 Å². The van der Waals surface area contributed by atoms with Gasteiger partial charge in [0.15, 0.2) is 0 Å². The smallest absolute Gasteiger partial charge is 0.292 e. The summed E-state index contributed by atoms with van der Waals surface area (Å²) in [6.07, 6.45) is 0. The Kier molecular flexibility index (Phi) is 4.95. The maximum absolute atomic E-state index is 12.9. The van der Waals surface area contributed by atoms with Crippen LogP contribution in [0.1, 0.15) is 10.4 Å². The molecule has 1 fully saturated rings. The molecule has 2 aromatic rings. The molecule has 0 unspecified atom stereocenters. The third kappa shape index (κ3) is 3.77. The highest BCUT2D eigenvalue weighted by Gasteiger charge is 2.23. The zero-order chi connectivity index (χ0) is 17.8. The molecule has 1 aliphatic heterocycles. The largest absolute Gasteiger partial charge is 0.349 e. The van der Waals surface area contributed by atoms with E-state index in [9.17, 15) is 14.9 Å². The Morgan fingerprint density at radius 2 is 1.60 bits per heavy atom. The summed E-state index contributed by atoms with van der Waals surface area (Å²) >= 11 is 0. The van der Waals surface area contributed by atoms with Crippen LogP contribution in [0.4, 0.5) is 17.1 Å². The van der Waals surface area contributed by atoms with Crippen LogP contribution in [-0.4, -0.2) is 53.9 Å². The monoisotopic (exact) mass is 340 g/mol. The molecule has 1 N–H and O–H groups in total. The summed E-state index contributed by atoms with van der Waals surface area (Å²) in [6.45, 7) is 3.03. The SMILES string of the molecule is CN1CCN(C(=O)c2ccccc2Nc2ccccc2[N+](=O)[O-])CC1. The molecule has 7 nitrogen and oxygen atoms in total. The Labute approximate surface area is 146 Å². The Morgan fingerprint density at radius 1 is 1.00 bits per heavy atom. The number of carbonyl (C=O) groups is 1. The lowest BCUT2D eigenvalue weighted by Crippen LogP contribution is -2.47. The van der Waals surface area contributed by atoms with Crippen LogP contribution in [0, 0.1) is 10.1 Å². The molecule has 7 heteroatoms. The van der Waals surface area contributed by atoms with Gasteiger partial charge in [0, 0.05) is 32.2 Å². The van der Waals surface area contributed by atoms with Gasteiger partial charge >= 0.3 is 0 Å². The number of likely N-dealkylation sites (N-methyl/N-ethyl adjacent to an activating group) is 1. The number of benzene rings is 2. The molecule has 0 saturated carbocycles. The number of anilines is 2. The molecule has 0 aliphatic carbocycles. The number of nitrogens with one attached hydrogen (secondary N) is 1. The van der Waals surface area contributed by atoms with Crippen molar-refractivity contribution >= 4 is 23.0 Å². The van der Waals surface area contributed by atoms with E-state index in [1.165, 1.54) is 6.07 Å². The highest BCUT2D eigenvalue weighted by molar-refractivity contribution is 6.00. The Hall–Kier alpha value is -2.93. The first-order chi connectivity index (χ1) is 12.1. The highest BCUT2D eigenvalue weighted by Crippen LogP contribution is 2.29. The number of para-hydroxylation sites is 3. The Bertz CT molecular complexity index is 785. The van der Waals surface area contributed by atoms with Crippen molar-refractivity contribution in [3.8, 4) is 0 Å². The lowest BCUT2D eigenvalue weighted by Gasteiger charge is -2.32. The second kappa shape index (κ2) is 7.31. The van der Waals surface area contributed by atoms with Crippen molar-refractivity contribution in [3.05, 3.63) is 64.2 Å². The minimum Gasteiger partial charge on any atom is -0.349 e. The quantitative estimate of drug-likeness (QED) is 0.684. The highest BCUT2D eigenvalue weighted by atomic mass is 16.6. The van der Waals surface area contributed by atoms with E-state index in [0.29, 0.717) is 30.0 Å². The van der Waals surface area contributed by atoms with Crippen LogP contribution in [0.3, 0.4) is 0 Å². The van der Waals surface area contributed by atoms with E-state index in [0.717, 1.165) is 13.1 Å². The predicted molar refractivity (Wildman–Crippen MR) is 96.2 cm³/mol. The van der Waals surface area contributed by atoms with Crippen LogP contribution in [0.15, 0.2) is 48.5 Å². The number of nitrogens with zero attached hydrogens (tertiary/aromatic N) is 3. The van der Waals surface area contributed by atoms with Crippen molar-refractivity contribution in [2.75, 3.05) is 38.5 Å². The fourth-order valence-electron chi connectivity index (χ4n) is 2.84. The van der Waals surface area contributed by atoms with Gasteiger partial charge in [0.25, 0.3) is 11.6 Å². The van der Waals surface area contributed by atoms with Gasteiger partial charge in [0.2, 0.25) is 0 Å². The molecule has 0 bridgehead atoms. The first-order valence-electron chi connectivity index (χ1n) is 8.13. The number of carbonyl (C=O) groups excluding carboxylic acids is 1. The minimum absolute atomic E-state index is 0.0238. The van der Waals surface area contributed by atoms with Gasteiger partial charge in [-0.05, 0) is 25.2 Å².